The molecular weight excluding hydrogens is 238 g/mol. The summed E-state index contributed by atoms with van der Waals surface area (Å²) in [6.07, 6.45) is 1.04. The minimum atomic E-state index is 0.0100. The van der Waals surface area contributed by atoms with E-state index in [9.17, 15) is 4.79 Å². The van der Waals surface area contributed by atoms with Gasteiger partial charge in [0.1, 0.15) is 0 Å². The number of carbonyl (C=O) groups excluding carboxylic acids is 1. The van der Waals surface area contributed by atoms with Gasteiger partial charge >= 0.3 is 0 Å². The van der Waals surface area contributed by atoms with Gasteiger partial charge in [0.2, 0.25) is 5.91 Å². The Kier molecular flexibility index (Phi) is 5.83. The Bertz CT molecular complexity index is 431. The first kappa shape index (κ1) is 15.5. The maximum absolute atomic E-state index is 12.1. The summed E-state index contributed by atoms with van der Waals surface area (Å²) < 4.78 is 0. The molecule has 0 aliphatic heterocycles. The van der Waals surface area contributed by atoms with Gasteiger partial charge in [-0.15, -0.1) is 0 Å². The van der Waals surface area contributed by atoms with Crippen LogP contribution in [-0.4, -0.2) is 29.9 Å². The molecule has 1 rings (SSSR count). The molecule has 0 aliphatic rings. The number of hydrogen-bond donors (Lipinski definition) is 2. The third kappa shape index (κ3) is 4.56. The predicted molar refractivity (Wildman–Crippen MR) is 81.2 cm³/mol. The lowest BCUT2D eigenvalue weighted by molar-refractivity contribution is -0.117. The lowest BCUT2D eigenvalue weighted by atomic mass is 10.2. The lowest BCUT2D eigenvalue weighted by Gasteiger charge is -2.26. The topological polar surface area (TPSA) is 58.4 Å². The molecule has 0 heterocycles. The number of aryl methyl sites for hydroxylation is 1. The summed E-state index contributed by atoms with van der Waals surface area (Å²) in [5.74, 6) is 0.0100. The van der Waals surface area contributed by atoms with E-state index in [1.165, 1.54) is 0 Å². The zero-order chi connectivity index (χ0) is 14.4. The Balaban J connectivity index is 2.66. The summed E-state index contributed by atoms with van der Waals surface area (Å²) in [4.78, 5) is 14.2. The fourth-order valence-electron chi connectivity index (χ4n) is 1.99. The number of likely N-dealkylation sites (N-methyl/N-ethyl adjacent to an activating group) is 1. The molecule has 106 valence electrons. The molecule has 1 aromatic carbocycles. The van der Waals surface area contributed by atoms with Crippen LogP contribution in [0.4, 0.5) is 11.4 Å². The van der Waals surface area contributed by atoms with Gasteiger partial charge in [0, 0.05) is 17.4 Å². The van der Waals surface area contributed by atoms with Crippen molar-refractivity contribution < 1.29 is 4.79 Å². The standard InChI is InChI=1S/C15H25N3O/c1-5-12(4)18(6-2)10-15(19)17-14-9-13(16)8-7-11(14)3/h7-9,12H,5-6,10,16H2,1-4H3,(H,17,19). The monoisotopic (exact) mass is 263 g/mol. The van der Waals surface area contributed by atoms with Crippen LogP contribution in [0.15, 0.2) is 18.2 Å². The highest BCUT2D eigenvalue weighted by Gasteiger charge is 2.14. The lowest BCUT2D eigenvalue weighted by Crippen LogP contribution is -2.39. The van der Waals surface area contributed by atoms with E-state index in [2.05, 4.69) is 31.0 Å². The average Bonchev–Trinajstić information content (AvgIpc) is 2.39. The molecule has 0 saturated heterocycles. The first-order valence-electron chi connectivity index (χ1n) is 6.87. The minimum absolute atomic E-state index is 0.0100. The second-order valence-corrected chi connectivity index (χ2v) is 4.94. The summed E-state index contributed by atoms with van der Waals surface area (Å²) in [6, 6.07) is 5.96. The SMILES string of the molecule is CCC(C)N(CC)CC(=O)Nc1cc(N)ccc1C. The largest absolute Gasteiger partial charge is 0.399 e. The van der Waals surface area contributed by atoms with Crippen LogP contribution in [0.5, 0.6) is 0 Å². The van der Waals surface area contributed by atoms with Crippen LogP contribution in [0, 0.1) is 6.92 Å². The van der Waals surface area contributed by atoms with Gasteiger partial charge in [-0.1, -0.05) is 19.9 Å². The van der Waals surface area contributed by atoms with Gasteiger partial charge in [-0.25, -0.2) is 0 Å². The maximum Gasteiger partial charge on any atom is 0.238 e. The van der Waals surface area contributed by atoms with Gasteiger partial charge < -0.3 is 11.1 Å². The molecule has 0 aromatic heterocycles. The highest BCUT2D eigenvalue weighted by atomic mass is 16.2. The van der Waals surface area contributed by atoms with Crippen molar-refractivity contribution in [2.24, 2.45) is 0 Å². The Morgan fingerprint density at radius 3 is 2.68 bits per heavy atom. The fourth-order valence-corrected chi connectivity index (χ4v) is 1.99. The van der Waals surface area contributed by atoms with Gasteiger partial charge in [0.05, 0.1) is 6.54 Å². The third-order valence-corrected chi connectivity index (χ3v) is 3.50. The summed E-state index contributed by atoms with van der Waals surface area (Å²) in [7, 11) is 0. The molecule has 19 heavy (non-hydrogen) atoms. The van der Waals surface area contributed by atoms with Crippen molar-refractivity contribution in [2.45, 2.75) is 40.2 Å². The van der Waals surface area contributed by atoms with E-state index in [0.29, 0.717) is 18.3 Å². The van der Waals surface area contributed by atoms with Crippen LogP contribution in [0.1, 0.15) is 32.8 Å². The molecule has 0 bridgehead atoms. The summed E-state index contributed by atoms with van der Waals surface area (Å²) in [5.41, 5.74) is 8.22. The third-order valence-electron chi connectivity index (χ3n) is 3.50. The molecule has 4 nitrogen and oxygen atoms in total. The van der Waals surface area contributed by atoms with Crippen molar-refractivity contribution in [3.8, 4) is 0 Å². The van der Waals surface area contributed by atoms with E-state index in [4.69, 9.17) is 5.73 Å². The van der Waals surface area contributed by atoms with Gasteiger partial charge in [0.25, 0.3) is 0 Å². The number of anilines is 2. The molecular formula is C15H25N3O. The summed E-state index contributed by atoms with van der Waals surface area (Å²) >= 11 is 0. The second-order valence-electron chi connectivity index (χ2n) is 4.94. The number of nitrogens with zero attached hydrogens (tertiary/aromatic N) is 1. The fraction of sp³-hybridized carbons (Fsp3) is 0.533. The Morgan fingerprint density at radius 2 is 2.11 bits per heavy atom. The van der Waals surface area contributed by atoms with Gasteiger partial charge in [-0.2, -0.15) is 0 Å². The molecule has 0 fully saturated rings. The Labute approximate surface area is 116 Å². The van der Waals surface area contributed by atoms with Crippen molar-refractivity contribution >= 4 is 17.3 Å². The van der Waals surface area contributed by atoms with Crippen LogP contribution >= 0.6 is 0 Å². The van der Waals surface area contributed by atoms with E-state index < -0.39 is 0 Å². The van der Waals surface area contributed by atoms with E-state index >= 15 is 0 Å². The number of nitrogens with one attached hydrogen (secondary N) is 1. The zero-order valence-electron chi connectivity index (χ0n) is 12.4. The summed E-state index contributed by atoms with van der Waals surface area (Å²) in [5, 5.41) is 2.93. The van der Waals surface area contributed by atoms with E-state index in [0.717, 1.165) is 24.2 Å². The number of carbonyl (C=O) groups is 1. The van der Waals surface area contributed by atoms with Crippen LogP contribution in [0.25, 0.3) is 0 Å². The molecule has 0 radical (unpaired) electrons. The number of amides is 1. The molecule has 1 amide bonds. The number of rotatable bonds is 6. The Morgan fingerprint density at radius 1 is 1.42 bits per heavy atom. The number of benzene rings is 1. The quantitative estimate of drug-likeness (QED) is 0.776. The molecule has 0 spiro atoms. The van der Waals surface area contributed by atoms with Gasteiger partial charge in [-0.05, 0) is 44.5 Å². The van der Waals surface area contributed by atoms with Crippen LogP contribution in [0.2, 0.25) is 0 Å². The van der Waals surface area contributed by atoms with Crippen LogP contribution in [0.3, 0.4) is 0 Å². The van der Waals surface area contributed by atoms with Crippen molar-refractivity contribution in [3.05, 3.63) is 23.8 Å². The van der Waals surface area contributed by atoms with E-state index in [-0.39, 0.29) is 5.91 Å². The van der Waals surface area contributed by atoms with Crippen molar-refractivity contribution in [1.82, 2.24) is 4.90 Å². The minimum Gasteiger partial charge on any atom is -0.399 e. The number of nitrogens with two attached hydrogens (primary N) is 1. The smallest absolute Gasteiger partial charge is 0.238 e. The molecule has 1 aromatic rings. The first-order valence-corrected chi connectivity index (χ1v) is 6.87. The molecule has 1 atom stereocenters. The maximum atomic E-state index is 12.1. The number of nitrogen functional groups attached to an aromatic ring is 1. The molecule has 0 saturated carbocycles. The molecule has 1 unspecified atom stereocenters. The van der Waals surface area contributed by atoms with Crippen LogP contribution < -0.4 is 11.1 Å². The van der Waals surface area contributed by atoms with Crippen molar-refractivity contribution in [1.29, 1.82) is 0 Å². The summed E-state index contributed by atoms with van der Waals surface area (Å²) in [6.45, 7) is 9.60. The Hall–Kier alpha value is -1.55. The van der Waals surface area contributed by atoms with E-state index in [1.54, 1.807) is 6.07 Å². The van der Waals surface area contributed by atoms with Crippen molar-refractivity contribution in [3.63, 3.8) is 0 Å². The zero-order valence-corrected chi connectivity index (χ0v) is 12.4. The molecule has 4 heteroatoms. The average molecular weight is 263 g/mol. The van der Waals surface area contributed by atoms with E-state index in [1.807, 2.05) is 19.1 Å². The predicted octanol–water partition coefficient (Wildman–Crippen LogP) is 2.64. The first-order chi connectivity index (χ1) is 8.97. The van der Waals surface area contributed by atoms with Gasteiger partial charge in [0.15, 0.2) is 0 Å². The highest BCUT2D eigenvalue weighted by molar-refractivity contribution is 5.93. The second kappa shape index (κ2) is 7.14. The van der Waals surface area contributed by atoms with Crippen LogP contribution in [-0.2, 0) is 4.79 Å². The molecule has 3 N–H and O–H groups in total. The molecule has 0 aliphatic carbocycles. The highest BCUT2D eigenvalue weighted by Crippen LogP contribution is 2.18. The van der Waals surface area contributed by atoms with Crippen molar-refractivity contribution in [2.75, 3.05) is 24.1 Å². The number of hydrogen-bond acceptors (Lipinski definition) is 3. The normalized spacial score (nSPS) is 12.5. The van der Waals surface area contributed by atoms with Gasteiger partial charge in [-0.3, -0.25) is 9.69 Å².